The predicted molar refractivity (Wildman–Crippen MR) is 98.8 cm³/mol. The van der Waals surface area contributed by atoms with E-state index in [9.17, 15) is 24.5 Å². The lowest BCUT2D eigenvalue weighted by molar-refractivity contribution is -0.384. The fourth-order valence-electron chi connectivity index (χ4n) is 2.29. The van der Waals surface area contributed by atoms with Gasteiger partial charge in [-0.2, -0.15) is 0 Å². The van der Waals surface area contributed by atoms with Gasteiger partial charge in [-0.05, 0) is 39.0 Å². The molecular weight excluding hydrogens is 392 g/mol. The number of aryl methyl sites for hydroxylation is 2. The zero-order valence-electron chi connectivity index (χ0n) is 15.2. The second-order valence-corrected chi connectivity index (χ2v) is 6.30. The molecule has 0 fully saturated rings. The third kappa shape index (κ3) is 4.86. The summed E-state index contributed by atoms with van der Waals surface area (Å²) in [6, 6.07) is 4.01. The van der Waals surface area contributed by atoms with Gasteiger partial charge in [-0.15, -0.1) is 0 Å². The summed E-state index contributed by atoms with van der Waals surface area (Å²) in [5.41, 5.74) is 4.21. The van der Waals surface area contributed by atoms with Crippen LogP contribution >= 0.6 is 11.6 Å². The molecule has 1 atom stereocenters. The standard InChI is InChI=1S/C17H17ClN4O6/c1-8-6-12(10(3)28-8)17(25)21-20-15(23)9(2)19-16(24)11-4-5-13(18)14(7-11)22(26)27/h4-7,9H,1-3H3,(H,19,24)(H,20,23)(H,21,25)/t9-/m0/s1. The number of nitrogens with zero attached hydrogens (tertiary/aromatic N) is 1. The number of carbonyl (C=O) groups excluding carboxylic acids is 3. The van der Waals surface area contributed by atoms with Crippen LogP contribution < -0.4 is 16.2 Å². The maximum Gasteiger partial charge on any atom is 0.288 e. The molecule has 28 heavy (non-hydrogen) atoms. The van der Waals surface area contributed by atoms with Crippen LogP contribution in [0.15, 0.2) is 28.7 Å². The Labute approximate surface area is 164 Å². The van der Waals surface area contributed by atoms with Gasteiger partial charge >= 0.3 is 0 Å². The van der Waals surface area contributed by atoms with Gasteiger partial charge in [-0.1, -0.05) is 11.6 Å². The Morgan fingerprint density at radius 2 is 1.82 bits per heavy atom. The summed E-state index contributed by atoms with van der Waals surface area (Å²) in [5.74, 6) is -1.03. The monoisotopic (exact) mass is 408 g/mol. The number of carbonyl (C=O) groups is 3. The maximum atomic E-state index is 12.2. The van der Waals surface area contributed by atoms with Gasteiger partial charge in [0.15, 0.2) is 0 Å². The van der Waals surface area contributed by atoms with Gasteiger partial charge in [0.1, 0.15) is 22.6 Å². The number of benzene rings is 1. The van der Waals surface area contributed by atoms with Gasteiger partial charge in [-0.3, -0.25) is 35.3 Å². The van der Waals surface area contributed by atoms with E-state index in [0.29, 0.717) is 11.5 Å². The molecule has 1 aromatic heterocycles. The summed E-state index contributed by atoms with van der Waals surface area (Å²) in [4.78, 5) is 46.5. The maximum absolute atomic E-state index is 12.2. The molecule has 0 bridgehead atoms. The van der Waals surface area contributed by atoms with Crippen molar-refractivity contribution in [3.8, 4) is 0 Å². The SMILES string of the molecule is Cc1cc(C(=O)NNC(=O)[C@H](C)NC(=O)c2ccc(Cl)c([N+](=O)[O-])c2)c(C)o1. The molecule has 1 heterocycles. The van der Waals surface area contributed by atoms with Crippen LogP contribution in [0.3, 0.4) is 0 Å². The van der Waals surface area contributed by atoms with E-state index < -0.39 is 34.4 Å². The predicted octanol–water partition coefficient (Wildman–Crippen LogP) is 2.04. The Morgan fingerprint density at radius 1 is 1.14 bits per heavy atom. The van der Waals surface area contributed by atoms with Crippen molar-refractivity contribution in [2.75, 3.05) is 0 Å². The van der Waals surface area contributed by atoms with Crippen LogP contribution in [-0.4, -0.2) is 28.7 Å². The largest absolute Gasteiger partial charge is 0.466 e. The minimum atomic E-state index is -1.03. The second-order valence-electron chi connectivity index (χ2n) is 5.89. The van der Waals surface area contributed by atoms with Crippen molar-refractivity contribution >= 4 is 35.0 Å². The Balaban J connectivity index is 1.95. The molecule has 0 aliphatic carbocycles. The van der Waals surface area contributed by atoms with Crippen LogP contribution in [-0.2, 0) is 4.79 Å². The Kier molecular flexibility index (Phi) is 6.37. The van der Waals surface area contributed by atoms with Crippen molar-refractivity contribution in [2.24, 2.45) is 0 Å². The van der Waals surface area contributed by atoms with E-state index in [1.165, 1.54) is 25.1 Å². The van der Waals surface area contributed by atoms with Gasteiger partial charge in [0.25, 0.3) is 23.4 Å². The fourth-order valence-corrected chi connectivity index (χ4v) is 2.48. The van der Waals surface area contributed by atoms with Crippen LogP contribution in [0.2, 0.25) is 5.02 Å². The van der Waals surface area contributed by atoms with Gasteiger partial charge in [-0.25, -0.2) is 0 Å². The van der Waals surface area contributed by atoms with E-state index in [-0.39, 0.29) is 16.1 Å². The fraction of sp³-hybridized carbons (Fsp3) is 0.235. The highest BCUT2D eigenvalue weighted by Gasteiger charge is 2.21. The number of furan rings is 1. The number of nitrogens with one attached hydrogen (secondary N) is 3. The van der Waals surface area contributed by atoms with Crippen molar-refractivity contribution in [1.29, 1.82) is 0 Å². The van der Waals surface area contributed by atoms with Crippen LogP contribution in [0, 0.1) is 24.0 Å². The lowest BCUT2D eigenvalue weighted by Gasteiger charge is -2.14. The minimum absolute atomic E-state index is 0.0377. The second kappa shape index (κ2) is 8.53. The van der Waals surface area contributed by atoms with E-state index in [4.69, 9.17) is 16.0 Å². The van der Waals surface area contributed by atoms with Gasteiger partial charge in [0.2, 0.25) is 0 Å². The molecule has 0 aliphatic rings. The van der Waals surface area contributed by atoms with Crippen LogP contribution in [0.4, 0.5) is 5.69 Å². The lowest BCUT2D eigenvalue weighted by Crippen LogP contribution is -2.51. The molecule has 2 aromatic rings. The van der Waals surface area contributed by atoms with Crippen LogP contribution in [0.1, 0.15) is 39.2 Å². The van der Waals surface area contributed by atoms with E-state index in [0.717, 1.165) is 6.07 Å². The number of halogens is 1. The first-order chi connectivity index (χ1) is 13.1. The van der Waals surface area contributed by atoms with Crippen molar-refractivity contribution in [1.82, 2.24) is 16.2 Å². The summed E-state index contributed by atoms with van der Waals surface area (Å²) in [7, 11) is 0. The number of hydrazine groups is 1. The van der Waals surface area contributed by atoms with Gasteiger partial charge in [0, 0.05) is 11.6 Å². The third-order valence-electron chi connectivity index (χ3n) is 3.73. The molecule has 10 nitrogen and oxygen atoms in total. The molecular formula is C17H17ClN4O6. The molecule has 0 radical (unpaired) electrons. The molecule has 2 rings (SSSR count). The van der Waals surface area contributed by atoms with Crippen molar-refractivity contribution in [2.45, 2.75) is 26.8 Å². The zero-order chi connectivity index (χ0) is 21.0. The first-order valence-corrected chi connectivity index (χ1v) is 8.40. The normalized spacial score (nSPS) is 11.4. The molecule has 3 N–H and O–H groups in total. The summed E-state index contributed by atoms with van der Waals surface area (Å²) < 4.78 is 5.24. The quantitative estimate of drug-likeness (QED) is 0.510. The summed E-state index contributed by atoms with van der Waals surface area (Å²) in [6.45, 7) is 4.68. The van der Waals surface area contributed by atoms with Crippen molar-refractivity contribution in [3.05, 3.63) is 62.0 Å². The lowest BCUT2D eigenvalue weighted by atomic mass is 10.1. The molecule has 3 amide bonds. The highest BCUT2D eigenvalue weighted by Crippen LogP contribution is 2.25. The van der Waals surface area contributed by atoms with Gasteiger partial charge in [0.05, 0.1) is 10.5 Å². The number of hydrogen-bond acceptors (Lipinski definition) is 6. The minimum Gasteiger partial charge on any atom is -0.466 e. The molecule has 0 saturated carbocycles. The number of nitro benzene ring substituents is 1. The topological polar surface area (TPSA) is 144 Å². The number of hydrogen-bond donors (Lipinski definition) is 3. The first-order valence-electron chi connectivity index (χ1n) is 8.02. The summed E-state index contributed by atoms with van der Waals surface area (Å²) >= 11 is 5.70. The van der Waals surface area contributed by atoms with Crippen molar-refractivity contribution in [3.63, 3.8) is 0 Å². The van der Waals surface area contributed by atoms with Gasteiger partial charge < -0.3 is 9.73 Å². The summed E-state index contributed by atoms with van der Waals surface area (Å²) in [5, 5.41) is 13.2. The summed E-state index contributed by atoms with van der Waals surface area (Å²) in [6.07, 6.45) is 0. The van der Waals surface area contributed by atoms with E-state index in [2.05, 4.69) is 16.2 Å². The molecule has 0 spiro atoms. The van der Waals surface area contributed by atoms with E-state index in [1.807, 2.05) is 0 Å². The molecule has 148 valence electrons. The highest BCUT2D eigenvalue weighted by molar-refractivity contribution is 6.32. The van der Waals surface area contributed by atoms with Crippen molar-refractivity contribution < 1.29 is 23.7 Å². The Hall–Kier alpha value is -3.40. The molecule has 0 saturated heterocycles. The third-order valence-corrected chi connectivity index (χ3v) is 4.05. The molecule has 11 heteroatoms. The zero-order valence-corrected chi connectivity index (χ0v) is 15.9. The molecule has 0 aliphatic heterocycles. The smallest absolute Gasteiger partial charge is 0.288 e. The average Bonchev–Trinajstić information content (AvgIpc) is 2.97. The van der Waals surface area contributed by atoms with Crippen LogP contribution in [0.5, 0.6) is 0 Å². The Morgan fingerprint density at radius 3 is 2.39 bits per heavy atom. The Bertz CT molecular complexity index is 955. The molecule has 1 aromatic carbocycles. The van der Waals surface area contributed by atoms with E-state index >= 15 is 0 Å². The number of rotatable bonds is 5. The van der Waals surface area contributed by atoms with Crippen LogP contribution in [0.25, 0.3) is 0 Å². The number of amides is 3. The number of nitro groups is 1. The van der Waals surface area contributed by atoms with E-state index in [1.54, 1.807) is 13.8 Å². The molecule has 0 unspecified atom stereocenters. The average molecular weight is 409 g/mol. The first kappa shape index (κ1) is 20.9. The highest BCUT2D eigenvalue weighted by atomic mass is 35.5.